The third-order valence-corrected chi connectivity index (χ3v) is 11.2. The highest BCUT2D eigenvalue weighted by molar-refractivity contribution is 9.12. The predicted octanol–water partition coefficient (Wildman–Crippen LogP) is 3.71. The Labute approximate surface area is 211 Å². The van der Waals surface area contributed by atoms with E-state index in [2.05, 4.69) is 53.1 Å². The van der Waals surface area contributed by atoms with Gasteiger partial charge in [0.05, 0.1) is 11.8 Å². The van der Waals surface area contributed by atoms with E-state index in [1.165, 1.54) is 6.92 Å². The summed E-state index contributed by atoms with van der Waals surface area (Å²) in [6.07, 6.45) is 0.820. The number of carbonyl (C=O) groups excluding carboxylic acids is 4. The van der Waals surface area contributed by atoms with Gasteiger partial charge >= 0.3 is 5.97 Å². The highest BCUT2D eigenvalue weighted by Gasteiger charge is 2.67. The molecule has 172 valence electrons. The lowest BCUT2D eigenvalue weighted by Gasteiger charge is -2.28. The molecule has 1 aliphatic heterocycles. The normalized spacial score (nSPS) is 31.6. The molecule has 1 saturated heterocycles. The Morgan fingerprint density at radius 2 is 1.66 bits per heavy atom. The van der Waals surface area contributed by atoms with Gasteiger partial charge in [-0.2, -0.15) is 0 Å². The second-order valence-electron chi connectivity index (χ2n) is 8.73. The summed E-state index contributed by atoms with van der Waals surface area (Å²) in [7, 11) is 0. The van der Waals surface area contributed by atoms with Gasteiger partial charge in [0.2, 0.25) is 11.8 Å². The Morgan fingerprint density at radius 1 is 1.09 bits per heavy atom. The van der Waals surface area contributed by atoms with Gasteiger partial charge in [-0.1, -0.05) is 47.8 Å². The van der Waals surface area contributed by atoms with Crippen molar-refractivity contribution in [1.82, 2.24) is 4.90 Å². The number of amides is 3. The van der Waals surface area contributed by atoms with Crippen LogP contribution in [-0.2, 0) is 23.9 Å². The first kappa shape index (κ1) is 23.9. The minimum Gasteiger partial charge on any atom is -0.454 e. The van der Waals surface area contributed by atoms with E-state index in [1.807, 2.05) is 19.9 Å². The summed E-state index contributed by atoms with van der Waals surface area (Å²) in [5.41, 5.74) is 2.52. The number of fused-ring (bicyclic) bond motifs is 5. The summed E-state index contributed by atoms with van der Waals surface area (Å²) in [4.78, 5) is 52.3. The Kier molecular flexibility index (Phi) is 6.59. The van der Waals surface area contributed by atoms with Crippen LogP contribution in [0.3, 0.4) is 0 Å². The minimum atomic E-state index is -1.08. The Morgan fingerprint density at radius 3 is 2.22 bits per heavy atom. The molecule has 0 spiro atoms. The first-order valence-electron chi connectivity index (χ1n) is 10.4. The lowest BCUT2D eigenvalue weighted by Crippen LogP contribution is -2.45. The van der Waals surface area contributed by atoms with E-state index in [1.54, 1.807) is 6.07 Å². The fourth-order valence-corrected chi connectivity index (χ4v) is 7.53. The van der Waals surface area contributed by atoms with Crippen LogP contribution in [0.4, 0.5) is 5.69 Å². The molecule has 3 aliphatic rings. The number of alkyl halides is 2. The second-order valence-corrected chi connectivity index (χ2v) is 11.7. The molecule has 0 radical (unpaired) electrons. The lowest BCUT2D eigenvalue weighted by atomic mass is 9.81. The van der Waals surface area contributed by atoms with Crippen LogP contribution in [0.1, 0.15) is 24.5 Å². The smallest absolute Gasteiger partial charge is 0.329 e. The zero-order chi connectivity index (χ0) is 23.5. The van der Waals surface area contributed by atoms with Crippen molar-refractivity contribution in [2.24, 2.45) is 23.7 Å². The topological polar surface area (TPSA) is 92.8 Å². The summed E-state index contributed by atoms with van der Waals surface area (Å²) in [5, 5.41) is 2.73. The predicted molar refractivity (Wildman–Crippen MR) is 129 cm³/mol. The molecule has 10 heteroatoms. The fourth-order valence-electron chi connectivity index (χ4n) is 5.23. The maximum absolute atomic E-state index is 13.0. The number of anilines is 1. The SMILES string of the molecule is Cc1c(Br)ccc(NC(=O)COC(=O)[C@H](C)N2C(=O)[C@@H]3[C@H]4C[C@@H]([C@H](Br)[C@H]4Br)[C@H]3C2=O)c1C. The van der Waals surface area contributed by atoms with Crippen molar-refractivity contribution < 1.29 is 23.9 Å². The van der Waals surface area contributed by atoms with Crippen LogP contribution < -0.4 is 5.32 Å². The van der Waals surface area contributed by atoms with Crippen molar-refractivity contribution in [1.29, 1.82) is 0 Å². The van der Waals surface area contributed by atoms with Crippen molar-refractivity contribution in [3.8, 4) is 0 Å². The molecule has 3 amide bonds. The number of carbonyl (C=O) groups is 4. The van der Waals surface area contributed by atoms with E-state index < -0.39 is 36.4 Å². The van der Waals surface area contributed by atoms with E-state index in [9.17, 15) is 19.2 Å². The average molecular weight is 635 g/mol. The first-order chi connectivity index (χ1) is 15.0. The highest BCUT2D eigenvalue weighted by Crippen LogP contribution is 2.60. The maximum Gasteiger partial charge on any atom is 0.329 e. The number of nitrogens with zero attached hydrogens (tertiary/aromatic N) is 1. The van der Waals surface area contributed by atoms with E-state index >= 15 is 0 Å². The third-order valence-electron chi connectivity index (χ3n) is 7.09. The molecule has 1 N–H and O–H groups in total. The van der Waals surface area contributed by atoms with Crippen molar-refractivity contribution in [3.05, 3.63) is 27.7 Å². The third kappa shape index (κ3) is 3.76. The Bertz CT molecular complexity index is 984. The summed E-state index contributed by atoms with van der Waals surface area (Å²) in [6.45, 7) is 4.78. The molecule has 3 fully saturated rings. The number of rotatable bonds is 5. The second kappa shape index (κ2) is 8.83. The number of hydrogen-bond donors (Lipinski definition) is 1. The van der Waals surface area contributed by atoms with Crippen molar-refractivity contribution in [2.45, 2.75) is 42.9 Å². The number of likely N-dealkylation sites (tertiary alicyclic amines) is 1. The van der Waals surface area contributed by atoms with Gasteiger partial charge in [0, 0.05) is 19.8 Å². The summed E-state index contributed by atoms with van der Waals surface area (Å²) in [6, 6.07) is 2.51. The summed E-state index contributed by atoms with van der Waals surface area (Å²) in [5.74, 6) is -2.54. The molecule has 1 heterocycles. The highest BCUT2D eigenvalue weighted by atomic mass is 79.9. The molecule has 0 unspecified atom stereocenters. The van der Waals surface area contributed by atoms with E-state index in [-0.39, 0.29) is 33.3 Å². The van der Waals surface area contributed by atoms with Crippen LogP contribution in [0.5, 0.6) is 0 Å². The molecule has 2 aliphatic carbocycles. The minimum absolute atomic E-state index is 0.0717. The van der Waals surface area contributed by atoms with Crippen LogP contribution in [-0.4, -0.2) is 50.9 Å². The lowest BCUT2D eigenvalue weighted by molar-refractivity contribution is -0.159. The van der Waals surface area contributed by atoms with Gasteiger partial charge in [-0.3, -0.25) is 19.3 Å². The fraction of sp³-hybridized carbons (Fsp3) is 0.545. The molecule has 1 aromatic carbocycles. The van der Waals surface area contributed by atoms with Crippen LogP contribution in [0.15, 0.2) is 16.6 Å². The van der Waals surface area contributed by atoms with Crippen LogP contribution in [0.25, 0.3) is 0 Å². The summed E-state index contributed by atoms with van der Waals surface area (Å²) >= 11 is 10.7. The molecule has 7 nitrogen and oxygen atoms in total. The number of halogens is 3. The van der Waals surface area contributed by atoms with Crippen LogP contribution >= 0.6 is 47.8 Å². The van der Waals surface area contributed by atoms with Crippen molar-refractivity contribution in [2.75, 3.05) is 11.9 Å². The van der Waals surface area contributed by atoms with Crippen molar-refractivity contribution in [3.63, 3.8) is 0 Å². The van der Waals surface area contributed by atoms with Gasteiger partial charge in [-0.25, -0.2) is 4.79 Å². The van der Waals surface area contributed by atoms with E-state index in [4.69, 9.17) is 4.74 Å². The molecule has 2 saturated carbocycles. The number of ether oxygens (including phenoxy) is 1. The number of nitrogens with one attached hydrogen (secondary N) is 1. The van der Waals surface area contributed by atoms with Gasteiger partial charge in [-0.05, 0) is 62.3 Å². The van der Waals surface area contributed by atoms with E-state index in [0.29, 0.717) is 5.69 Å². The van der Waals surface area contributed by atoms with Crippen LogP contribution in [0.2, 0.25) is 0 Å². The van der Waals surface area contributed by atoms with Crippen molar-refractivity contribution >= 4 is 77.2 Å². The molecule has 0 aromatic heterocycles. The van der Waals surface area contributed by atoms with Gasteiger partial charge < -0.3 is 10.1 Å². The zero-order valence-corrected chi connectivity index (χ0v) is 22.5. The summed E-state index contributed by atoms with van der Waals surface area (Å²) < 4.78 is 6.08. The Hall–Kier alpha value is -1.26. The van der Waals surface area contributed by atoms with Gasteiger partial charge in [0.15, 0.2) is 6.61 Å². The zero-order valence-electron chi connectivity index (χ0n) is 17.7. The largest absolute Gasteiger partial charge is 0.454 e. The van der Waals surface area contributed by atoms with E-state index in [0.717, 1.165) is 26.9 Å². The molecule has 4 rings (SSSR count). The molecular weight excluding hydrogens is 612 g/mol. The van der Waals surface area contributed by atoms with Gasteiger partial charge in [0.1, 0.15) is 6.04 Å². The average Bonchev–Trinajstić information content (AvgIpc) is 3.36. The first-order valence-corrected chi connectivity index (χ1v) is 13.0. The molecule has 32 heavy (non-hydrogen) atoms. The quantitative estimate of drug-likeness (QED) is 0.303. The Balaban J connectivity index is 1.37. The standard InChI is InChI=1S/C22H23Br3N2O5/c1-8-9(2)14(5-4-13(8)23)26-15(28)7-32-22(31)10(3)27-20(29)16-11-6-12(17(16)21(27)30)19(25)18(11)24/h4-5,10-12,16-19H,6-7H2,1-3H3,(H,26,28)/t10-,11+,12+,16+,17+,18-,19-/m0/s1. The monoisotopic (exact) mass is 632 g/mol. The van der Waals surface area contributed by atoms with Gasteiger partial charge in [-0.15, -0.1) is 0 Å². The number of benzene rings is 1. The molecular formula is C22H23Br3N2O5. The number of hydrogen-bond acceptors (Lipinski definition) is 5. The van der Waals surface area contributed by atoms with Crippen LogP contribution in [0, 0.1) is 37.5 Å². The maximum atomic E-state index is 13.0. The molecule has 2 bridgehead atoms. The van der Waals surface area contributed by atoms with Gasteiger partial charge in [0.25, 0.3) is 5.91 Å². The number of esters is 1. The molecule has 1 aromatic rings. The number of imide groups is 1. The molecule has 7 atom stereocenters.